The SMILES string of the molecule is CCCc1noc([C@H](C)Cl)n1. The average molecular weight is 175 g/mol. The number of alkyl halides is 1. The van der Waals surface area contributed by atoms with Crippen molar-refractivity contribution >= 4 is 11.6 Å². The van der Waals surface area contributed by atoms with E-state index >= 15 is 0 Å². The predicted molar refractivity (Wildman–Crippen MR) is 42.6 cm³/mol. The van der Waals surface area contributed by atoms with E-state index in [0.717, 1.165) is 18.7 Å². The van der Waals surface area contributed by atoms with Gasteiger partial charge >= 0.3 is 0 Å². The van der Waals surface area contributed by atoms with E-state index in [4.69, 9.17) is 16.1 Å². The molecule has 3 nitrogen and oxygen atoms in total. The number of hydrogen-bond acceptors (Lipinski definition) is 3. The highest BCUT2D eigenvalue weighted by molar-refractivity contribution is 6.20. The lowest BCUT2D eigenvalue weighted by atomic mass is 10.3. The van der Waals surface area contributed by atoms with Crippen molar-refractivity contribution in [3.63, 3.8) is 0 Å². The van der Waals surface area contributed by atoms with Crippen molar-refractivity contribution in [3.05, 3.63) is 11.7 Å². The van der Waals surface area contributed by atoms with Crippen LogP contribution in [0.15, 0.2) is 4.52 Å². The van der Waals surface area contributed by atoms with Crippen molar-refractivity contribution in [2.75, 3.05) is 0 Å². The van der Waals surface area contributed by atoms with Crippen LogP contribution >= 0.6 is 11.6 Å². The average Bonchev–Trinajstić information content (AvgIpc) is 2.37. The number of halogens is 1. The van der Waals surface area contributed by atoms with Crippen molar-refractivity contribution in [1.82, 2.24) is 10.1 Å². The van der Waals surface area contributed by atoms with Crippen LogP contribution in [-0.4, -0.2) is 10.1 Å². The lowest BCUT2D eigenvalue weighted by Gasteiger charge is -1.89. The van der Waals surface area contributed by atoms with E-state index in [-0.39, 0.29) is 5.38 Å². The topological polar surface area (TPSA) is 38.9 Å². The Kier molecular flexibility index (Phi) is 2.88. The third-order valence-corrected chi connectivity index (χ3v) is 1.48. The zero-order valence-electron chi connectivity index (χ0n) is 6.67. The molecule has 0 unspecified atom stereocenters. The Bertz CT molecular complexity index is 222. The van der Waals surface area contributed by atoms with Gasteiger partial charge < -0.3 is 4.52 Å². The van der Waals surface area contributed by atoms with Gasteiger partial charge in [0.2, 0.25) is 5.89 Å². The standard InChI is InChI=1S/C7H11ClN2O/c1-3-4-6-9-7(5(2)8)11-10-6/h5H,3-4H2,1-2H3/t5-/m0/s1. The molecular formula is C7H11ClN2O. The van der Waals surface area contributed by atoms with Gasteiger partial charge in [-0.25, -0.2) is 0 Å². The zero-order chi connectivity index (χ0) is 8.27. The van der Waals surface area contributed by atoms with Gasteiger partial charge in [0, 0.05) is 6.42 Å². The minimum Gasteiger partial charge on any atom is -0.338 e. The predicted octanol–water partition coefficient (Wildman–Crippen LogP) is 2.32. The number of nitrogens with zero attached hydrogens (tertiary/aromatic N) is 2. The minimum absolute atomic E-state index is 0.187. The molecule has 0 spiro atoms. The molecule has 0 N–H and O–H groups in total. The Morgan fingerprint density at radius 2 is 2.36 bits per heavy atom. The Labute approximate surface area is 70.7 Å². The first-order valence-electron chi connectivity index (χ1n) is 3.70. The number of aryl methyl sites for hydroxylation is 1. The molecule has 0 aromatic carbocycles. The molecule has 4 heteroatoms. The lowest BCUT2D eigenvalue weighted by molar-refractivity contribution is 0.373. The van der Waals surface area contributed by atoms with Crippen molar-refractivity contribution in [2.24, 2.45) is 0 Å². The van der Waals surface area contributed by atoms with Crippen LogP contribution in [0, 0.1) is 0 Å². The van der Waals surface area contributed by atoms with Crippen LogP contribution in [0.5, 0.6) is 0 Å². The summed E-state index contributed by atoms with van der Waals surface area (Å²) in [4.78, 5) is 4.09. The maximum atomic E-state index is 5.72. The van der Waals surface area contributed by atoms with E-state index in [9.17, 15) is 0 Å². The molecule has 0 amide bonds. The zero-order valence-corrected chi connectivity index (χ0v) is 7.43. The largest absolute Gasteiger partial charge is 0.338 e. The second-order valence-electron chi connectivity index (χ2n) is 2.41. The molecule has 0 bridgehead atoms. The quantitative estimate of drug-likeness (QED) is 0.661. The maximum absolute atomic E-state index is 5.72. The van der Waals surface area contributed by atoms with Gasteiger partial charge in [0.05, 0.1) is 0 Å². The van der Waals surface area contributed by atoms with Gasteiger partial charge in [0.15, 0.2) is 5.82 Å². The van der Waals surface area contributed by atoms with E-state index in [2.05, 4.69) is 17.1 Å². The van der Waals surface area contributed by atoms with Gasteiger partial charge in [-0.15, -0.1) is 11.6 Å². The number of aromatic nitrogens is 2. The summed E-state index contributed by atoms with van der Waals surface area (Å²) in [7, 11) is 0. The number of rotatable bonds is 3. The fourth-order valence-corrected chi connectivity index (χ4v) is 0.843. The molecule has 1 aromatic rings. The first-order chi connectivity index (χ1) is 5.24. The van der Waals surface area contributed by atoms with Crippen LogP contribution in [0.2, 0.25) is 0 Å². The summed E-state index contributed by atoms with van der Waals surface area (Å²) in [5.74, 6) is 1.25. The van der Waals surface area contributed by atoms with Gasteiger partial charge in [-0.2, -0.15) is 4.98 Å². The maximum Gasteiger partial charge on any atom is 0.244 e. The fraction of sp³-hybridized carbons (Fsp3) is 0.714. The van der Waals surface area contributed by atoms with Crippen LogP contribution in [0.4, 0.5) is 0 Å². The second kappa shape index (κ2) is 3.72. The Hall–Kier alpha value is -0.570. The highest BCUT2D eigenvalue weighted by Crippen LogP contribution is 2.16. The molecule has 1 heterocycles. The van der Waals surface area contributed by atoms with E-state index in [1.165, 1.54) is 0 Å². The van der Waals surface area contributed by atoms with Crippen LogP contribution in [0.3, 0.4) is 0 Å². The van der Waals surface area contributed by atoms with Gasteiger partial charge in [0.1, 0.15) is 5.38 Å². The highest BCUT2D eigenvalue weighted by Gasteiger charge is 2.09. The molecule has 0 saturated carbocycles. The normalized spacial score (nSPS) is 13.4. The molecule has 62 valence electrons. The lowest BCUT2D eigenvalue weighted by Crippen LogP contribution is -1.87. The van der Waals surface area contributed by atoms with Crippen molar-refractivity contribution < 1.29 is 4.52 Å². The minimum atomic E-state index is -0.187. The molecule has 0 fully saturated rings. The molecule has 0 radical (unpaired) electrons. The summed E-state index contributed by atoms with van der Waals surface area (Å²) in [5, 5.41) is 3.57. The monoisotopic (exact) mass is 174 g/mol. The summed E-state index contributed by atoms with van der Waals surface area (Å²) in [6.45, 7) is 3.88. The fourth-order valence-electron chi connectivity index (χ4n) is 0.754. The van der Waals surface area contributed by atoms with E-state index in [0.29, 0.717) is 5.89 Å². The summed E-state index contributed by atoms with van der Waals surface area (Å²) >= 11 is 5.72. The molecule has 1 atom stereocenters. The highest BCUT2D eigenvalue weighted by atomic mass is 35.5. The summed E-state index contributed by atoms with van der Waals surface area (Å²) in [5.41, 5.74) is 0. The molecule has 0 aliphatic rings. The Balaban J connectivity index is 2.66. The first kappa shape index (κ1) is 8.53. The first-order valence-corrected chi connectivity index (χ1v) is 4.14. The summed E-state index contributed by atoms with van der Waals surface area (Å²) in [6.07, 6.45) is 1.88. The summed E-state index contributed by atoms with van der Waals surface area (Å²) in [6, 6.07) is 0. The van der Waals surface area contributed by atoms with Crippen LogP contribution in [-0.2, 0) is 6.42 Å². The third kappa shape index (κ3) is 2.19. The second-order valence-corrected chi connectivity index (χ2v) is 3.07. The smallest absolute Gasteiger partial charge is 0.244 e. The molecule has 0 aliphatic heterocycles. The van der Waals surface area contributed by atoms with E-state index < -0.39 is 0 Å². The van der Waals surface area contributed by atoms with E-state index in [1.807, 2.05) is 6.92 Å². The molecule has 0 aliphatic carbocycles. The molecule has 0 saturated heterocycles. The molecular weight excluding hydrogens is 164 g/mol. The molecule has 11 heavy (non-hydrogen) atoms. The third-order valence-electron chi connectivity index (χ3n) is 1.30. The van der Waals surface area contributed by atoms with Crippen molar-refractivity contribution in [1.29, 1.82) is 0 Å². The van der Waals surface area contributed by atoms with Crippen LogP contribution in [0.25, 0.3) is 0 Å². The Morgan fingerprint density at radius 1 is 1.64 bits per heavy atom. The van der Waals surface area contributed by atoms with Crippen molar-refractivity contribution in [2.45, 2.75) is 32.1 Å². The van der Waals surface area contributed by atoms with Gasteiger partial charge in [-0.3, -0.25) is 0 Å². The molecule has 1 rings (SSSR count). The van der Waals surface area contributed by atoms with Gasteiger partial charge in [-0.05, 0) is 13.3 Å². The number of hydrogen-bond donors (Lipinski definition) is 0. The van der Waals surface area contributed by atoms with E-state index in [1.54, 1.807) is 0 Å². The van der Waals surface area contributed by atoms with Crippen LogP contribution in [0.1, 0.15) is 37.4 Å². The van der Waals surface area contributed by atoms with Gasteiger partial charge in [-0.1, -0.05) is 12.1 Å². The van der Waals surface area contributed by atoms with Gasteiger partial charge in [0.25, 0.3) is 0 Å². The van der Waals surface area contributed by atoms with Crippen molar-refractivity contribution in [3.8, 4) is 0 Å². The summed E-state index contributed by atoms with van der Waals surface area (Å²) < 4.78 is 4.89. The van der Waals surface area contributed by atoms with Crippen LogP contribution < -0.4 is 0 Å². The Morgan fingerprint density at radius 3 is 2.82 bits per heavy atom. The molecule has 1 aromatic heterocycles.